The molecule has 2 amide bonds. The van der Waals surface area contributed by atoms with E-state index in [9.17, 15) is 9.59 Å². The molecule has 1 aliphatic heterocycles. The maximum atomic E-state index is 12.1. The van der Waals surface area contributed by atoms with Gasteiger partial charge in [0.15, 0.2) is 5.65 Å². The number of alkyl carbamates (subject to hydrolysis) is 1. The van der Waals surface area contributed by atoms with E-state index in [4.69, 9.17) is 15.5 Å². The van der Waals surface area contributed by atoms with E-state index in [1.807, 2.05) is 51.1 Å². The van der Waals surface area contributed by atoms with E-state index in [-0.39, 0.29) is 17.8 Å². The second-order valence-electron chi connectivity index (χ2n) is 10.9. The maximum absolute atomic E-state index is 12.1. The van der Waals surface area contributed by atoms with Gasteiger partial charge in [0.25, 0.3) is 5.91 Å². The molecule has 3 N–H and O–H groups in total. The summed E-state index contributed by atoms with van der Waals surface area (Å²) in [4.78, 5) is 31.1. The van der Waals surface area contributed by atoms with Crippen molar-refractivity contribution in [2.24, 2.45) is 5.73 Å². The van der Waals surface area contributed by atoms with Gasteiger partial charge in [0.1, 0.15) is 17.0 Å². The number of nitrogens with zero attached hydrogens (tertiary/aromatic N) is 4. The monoisotopic (exact) mass is 526 g/mol. The van der Waals surface area contributed by atoms with E-state index >= 15 is 0 Å². The van der Waals surface area contributed by atoms with Crippen LogP contribution in [0.1, 0.15) is 49.7 Å². The number of likely N-dealkylation sites (tertiary alicyclic amines) is 1. The third-order valence-electron chi connectivity index (χ3n) is 6.72. The van der Waals surface area contributed by atoms with Crippen LogP contribution in [0.5, 0.6) is 0 Å². The molecule has 1 saturated heterocycles. The average Bonchev–Trinajstić information content (AvgIpc) is 3.28. The van der Waals surface area contributed by atoms with Crippen molar-refractivity contribution in [3.63, 3.8) is 0 Å². The number of ether oxygens (including phenoxy) is 1. The predicted molar refractivity (Wildman–Crippen MR) is 150 cm³/mol. The number of piperidine rings is 1. The number of nitrogens with one attached hydrogen (secondary N) is 1. The molecule has 0 saturated carbocycles. The van der Waals surface area contributed by atoms with Crippen molar-refractivity contribution in [2.75, 3.05) is 13.1 Å². The van der Waals surface area contributed by atoms with Gasteiger partial charge < -0.3 is 15.8 Å². The summed E-state index contributed by atoms with van der Waals surface area (Å²) < 4.78 is 7.08. The Morgan fingerprint density at radius 1 is 0.974 bits per heavy atom. The number of imidazole rings is 1. The smallest absolute Gasteiger partial charge is 0.407 e. The van der Waals surface area contributed by atoms with Crippen LogP contribution in [0.15, 0.2) is 66.7 Å². The number of carbonyl (C=O) groups excluding carboxylic acids is 2. The number of hydrogen-bond donors (Lipinski definition) is 2. The van der Waals surface area contributed by atoms with Crippen LogP contribution < -0.4 is 11.1 Å². The minimum atomic E-state index is -0.583. The molecule has 0 radical (unpaired) electrons. The maximum Gasteiger partial charge on any atom is 0.407 e. The van der Waals surface area contributed by atoms with Gasteiger partial charge in [-0.2, -0.15) is 5.10 Å². The molecular formula is C30H34N6O3. The fourth-order valence-corrected chi connectivity index (χ4v) is 4.86. The molecule has 4 aromatic rings. The minimum Gasteiger partial charge on any atom is -0.444 e. The lowest BCUT2D eigenvalue weighted by atomic mass is 10.0. The Kier molecular flexibility index (Phi) is 7.34. The normalized spacial score (nSPS) is 14.8. The molecule has 2 aromatic heterocycles. The van der Waals surface area contributed by atoms with Crippen molar-refractivity contribution in [1.82, 2.24) is 24.8 Å². The molecule has 9 nitrogen and oxygen atoms in total. The highest BCUT2D eigenvalue weighted by atomic mass is 16.6. The molecule has 9 heteroatoms. The summed E-state index contributed by atoms with van der Waals surface area (Å²) in [6.07, 6.45) is 1.43. The van der Waals surface area contributed by atoms with Gasteiger partial charge in [-0.1, -0.05) is 54.6 Å². The Balaban J connectivity index is 1.30. The highest BCUT2D eigenvalue weighted by molar-refractivity contribution is 5.91. The number of hydrogen-bond acceptors (Lipinski definition) is 6. The molecule has 0 aliphatic carbocycles. The van der Waals surface area contributed by atoms with Crippen molar-refractivity contribution in [3.05, 3.63) is 78.0 Å². The number of nitrogens with two attached hydrogens (primary N) is 1. The molecule has 1 fully saturated rings. The van der Waals surface area contributed by atoms with Crippen molar-refractivity contribution in [3.8, 4) is 22.5 Å². The molecule has 2 aromatic carbocycles. The average molecular weight is 527 g/mol. The number of rotatable bonds is 6. The first-order valence-corrected chi connectivity index (χ1v) is 13.2. The van der Waals surface area contributed by atoms with Gasteiger partial charge in [-0.3, -0.25) is 9.69 Å². The number of benzene rings is 2. The topological polar surface area (TPSA) is 115 Å². The molecule has 0 unspecified atom stereocenters. The molecule has 5 rings (SSSR count). The first kappa shape index (κ1) is 26.4. The number of aromatic nitrogens is 3. The van der Waals surface area contributed by atoms with Gasteiger partial charge in [-0.05, 0) is 51.3 Å². The van der Waals surface area contributed by atoms with Crippen molar-refractivity contribution in [1.29, 1.82) is 0 Å². The fourth-order valence-electron chi connectivity index (χ4n) is 4.86. The lowest BCUT2D eigenvalue weighted by Gasteiger charge is -2.32. The Hall–Kier alpha value is -4.24. The highest BCUT2D eigenvalue weighted by Crippen LogP contribution is 2.32. The Morgan fingerprint density at radius 2 is 1.67 bits per heavy atom. The van der Waals surface area contributed by atoms with Crippen LogP contribution >= 0.6 is 0 Å². The Morgan fingerprint density at radius 3 is 2.31 bits per heavy atom. The first-order chi connectivity index (χ1) is 18.7. The third kappa shape index (κ3) is 6.26. The number of amides is 2. The summed E-state index contributed by atoms with van der Waals surface area (Å²) in [5.41, 5.74) is 10.5. The highest BCUT2D eigenvalue weighted by Gasteiger charge is 2.24. The van der Waals surface area contributed by atoms with E-state index in [0.29, 0.717) is 5.65 Å². The third-order valence-corrected chi connectivity index (χ3v) is 6.72. The minimum absolute atomic E-state index is 0.133. The van der Waals surface area contributed by atoms with Gasteiger partial charge in [0.05, 0.1) is 5.69 Å². The molecular weight excluding hydrogens is 492 g/mol. The lowest BCUT2D eigenvalue weighted by molar-refractivity contribution is 0.0477. The van der Waals surface area contributed by atoms with Gasteiger partial charge in [-0.15, -0.1) is 0 Å². The molecule has 39 heavy (non-hydrogen) atoms. The quantitative estimate of drug-likeness (QED) is 0.378. The predicted octanol–water partition coefficient (Wildman–Crippen LogP) is 4.65. The molecule has 0 spiro atoms. The molecule has 3 heterocycles. The first-order valence-electron chi connectivity index (χ1n) is 13.2. The number of carbonyl (C=O) groups is 2. The summed E-state index contributed by atoms with van der Waals surface area (Å²) in [5, 5.41) is 7.47. The summed E-state index contributed by atoms with van der Waals surface area (Å²) in [5.74, 6) is -0.583. The zero-order chi connectivity index (χ0) is 27.6. The van der Waals surface area contributed by atoms with Crippen molar-refractivity contribution < 1.29 is 14.3 Å². The van der Waals surface area contributed by atoms with Crippen LogP contribution in [0.4, 0.5) is 4.79 Å². The standard InChI is InChI=1S/C30H34N6O3/c1-30(2,3)39-29(38)32-23-15-17-35(18-16-23)19-20-9-11-21(12-10-20)26-27(22-7-5-4-6-8-22)36-25(33-26)14-13-24(34-36)28(31)37/h4-14,23H,15-19H2,1-3H3,(H2,31,37)(H,32,38). The van der Waals surface area contributed by atoms with Crippen molar-refractivity contribution in [2.45, 2.75) is 51.8 Å². The largest absolute Gasteiger partial charge is 0.444 e. The zero-order valence-electron chi connectivity index (χ0n) is 22.6. The van der Waals surface area contributed by atoms with E-state index in [2.05, 4.69) is 39.6 Å². The zero-order valence-corrected chi connectivity index (χ0v) is 22.6. The Labute approximate surface area is 228 Å². The Bertz CT molecular complexity index is 1470. The van der Waals surface area contributed by atoms with Gasteiger partial charge >= 0.3 is 6.09 Å². The molecule has 1 aliphatic rings. The van der Waals surface area contributed by atoms with Gasteiger partial charge in [0.2, 0.25) is 0 Å². The van der Waals surface area contributed by atoms with Crippen LogP contribution in [0.25, 0.3) is 28.2 Å². The van der Waals surface area contributed by atoms with E-state index in [0.717, 1.165) is 55.0 Å². The van der Waals surface area contributed by atoms with Gasteiger partial charge in [-0.25, -0.2) is 14.3 Å². The summed E-state index contributed by atoms with van der Waals surface area (Å²) in [7, 11) is 0. The van der Waals surface area contributed by atoms with E-state index in [1.54, 1.807) is 16.6 Å². The molecule has 202 valence electrons. The van der Waals surface area contributed by atoms with Crippen LogP contribution in [0.2, 0.25) is 0 Å². The van der Waals surface area contributed by atoms with Crippen LogP contribution in [0.3, 0.4) is 0 Å². The van der Waals surface area contributed by atoms with Crippen LogP contribution in [-0.4, -0.2) is 56.2 Å². The lowest BCUT2D eigenvalue weighted by Crippen LogP contribution is -2.45. The van der Waals surface area contributed by atoms with Gasteiger partial charge in [0, 0.05) is 36.8 Å². The second kappa shape index (κ2) is 10.9. The van der Waals surface area contributed by atoms with Crippen LogP contribution in [0, 0.1) is 0 Å². The van der Waals surface area contributed by atoms with Crippen LogP contribution in [-0.2, 0) is 11.3 Å². The fraction of sp³-hybridized carbons (Fsp3) is 0.333. The summed E-state index contributed by atoms with van der Waals surface area (Å²) >= 11 is 0. The van der Waals surface area contributed by atoms with Crippen molar-refractivity contribution >= 4 is 17.6 Å². The number of fused-ring (bicyclic) bond motifs is 1. The molecule has 0 atom stereocenters. The second-order valence-corrected chi connectivity index (χ2v) is 10.9. The van der Waals surface area contributed by atoms with E-state index in [1.165, 1.54) is 5.56 Å². The summed E-state index contributed by atoms with van der Waals surface area (Å²) in [6.45, 7) is 8.25. The van der Waals surface area contributed by atoms with E-state index < -0.39 is 11.5 Å². The molecule has 0 bridgehead atoms. The number of primary amides is 1. The SMILES string of the molecule is CC(C)(C)OC(=O)NC1CCN(Cc2ccc(-c3nc4ccc(C(N)=O)nn4c3-c3ccccc3)cc2)CC1. The summed E-state index contributed by atoms with van der Waals surface area (Å²) in [6, 6.07) is 21.8.